The maximum atomic E-state index is 13.5. The van der Waals surface area contributed by atoms with E-state index in [9.17, 15) is 23.2 Å². The van der Waals surface area contributed by atoms with Gasteiger partial charge in [-0.2, -0.15) is 0 Å². The minimum absolute atomic E-state index is 0.199. The van der Waals surface area contributed by atoms with Crippen LogP contribution in [0.5, 0.6) is 0 Å². The number of ether oxygens (including phenoxy) is 1. The topological polar surface area (TPSA) is 75.7 Å². The van der Waals surface area contributed by atoms with Gasteiger partial charge in [-0.1, -0.05) is 12.1 Å². The van der Waals surface area contributed by atoms with Crippen molar-refractivity contribution in [3.63, 3.8) is 0 Å². The van der Waals surface area contributed by atoms with Crippen molar-refractivity contribution in [1.29, 1.82) is 0 Å². The predicted octanol–water partition coefficient (Wildman–Crippen LogP) is 2.29. The minimum atomic E-state index is -0.844. The van der Waals surface area contributed by atoms with Gasteiger partial charge >= 0.3 is 5.97 Å². The van der Waals surface area contributed by atoms with Crippen LogP contribution in [-0.4, -0.2) is 37.5 Å². The molecule has 0 radical (unpaired) electrons. The van der Waals surface area contributed by atoms with Crippen LogP contribution < -0.4 is 10.2 Å². The number of benzene rings is 2. The van der Waals surface area contributed by atoms with Gasteiger partial charge in [0.15, 0.2) is 6.61 Å². The number of nitrogens with zero attached hydrogens (tertiary/aromatic N) is 1. The van der Waals surface area contributed by atoms with E-state index in [4.69, 9.17) is 4.74 Å². The van der Waals surface area contributed by atoms with Crippen LogP contribution in [0.25, 0.3) is 0 Å². The van der Waals surface area contributed by atoms with Crippen molar-refractivity contribution in [3.8, 4) is 0 Å². The molecule has 2 aromatic rings. The average molecular weight is 376 g/mol. The second-order valence-electron chi connectivity index (χ2n) is 5.44. The Bertz CT molecular complexity index is 825. The summed E-state index contributed by atoms with van der Waals surface area (Å²) in [6.07, 6.45) is 0. The molecule has 2 rings (SSSR count). The molecule has 0 saturated carbocycles. The SMILES string of the molecule is CCN(C(=O)COC(=O)CNC(=O)c1ccccc1F)c1ccc(F)cc1. The zero-order valence-electron chi connectivity index (χ0n) is 14.6. The lowest BCUT2D eigenvalue weighted by molar-refractivity contribution is -0.146. The van der Waals surface area contributed by atoms with E-state index in [0.717, 1.165) is 6.07 Å². The fourth-order valence-electron chi connectivity index (χ4n) is 2.29. The monoisotopic (exact) mass is 376 g/mol. The van der Waals surface area contributed by atoms with Crippen LogP contribution >= 0.6 is 0 Å². The third-order valence-corrected chi connectivity index (χ3v) is 3.62. The lowest BCUT2D eigenvalue weighted by Gasteiger charge is -2.20. The summed E-state index contributed by atoms with van der Waals surface area (Å²) in [5, 5.41) is 2.22. The van der Waals surface area contributed by atoms with Crippen LogP contribution in [0.15, 0.2) is 48.5 Å². The molecular formula is C19H18F2N2O4. The van der Waals surface area contributed by atoms with E-state index in [1.807, 2.05) is 0 Å². The van der Waals surface area contributed by atoms with Crippen LogP contribution in [0.3, 0.4) is 0 Å². The first-order valence-corrected chi connectivity index (χ1v) is 8.16. The van der Waals surface area contributed by atoms with Crippen molar-refractivity contribution in [3.05, 3.63) is 65.7 Å². The molecule has 0 spiro atoms. The smallest absolute Gasteiger partial charge is 0.325 e. The highest BCUT2D eigenvalue weighted by Crippen LogP contribution is 2.15. The molecule has 8 heteroatoms. The summed E-state index contributed by atoms with van der Waals surface area (Å²) in [7, 11) is 0. The molecule has 0 fully saturated rings. The highest BCUT2D eigenvalue weighted by molar-refractivity contribution is 5.97. The molecule has 0 aliphatic rings. The Morgan fingerprint density at radius 2 is 1.70 bits per heavy atom. The van der Waals surface area contributed by atoms with Crippen molar-refractivity contribution < 1.29 is 27.9 Å². The van der Waals surface area contributed by atoms with Gasteiger partial charge in [-0.3, -0.25) is 14.4 Å². The van der Waals surface area contributed by atoms with Crippen molar-refractivity contribution in [1.82, 2.24) is 5.32 Å². The lowest BCUT2D eigenvalue weighted by Crippen LogP contribution is -2.36. The Hall–Kier alpha value is -3.29. The van der Waals surface area contributed by atoms with Gasteiger partial charge in [0.1, 0.15) is 18.2 Å². The number of carbonyl (C=O) groups excluding carboxylic acids is 3. The van der Waals surface area contributed by atoms with Crippen molar-refractivity contribution >= 4 is 23.5 Å². The highest BCUT2D eigenvalue weighted by Gasteiger charge is 2.17. The van der Waals surface area contributed by atoms with E-state index in [-0.39, 0.29) is 5.56 Å². The molecule has 0 unspecified atom stereocenters. The Kier molecular flexibility index (Phi) is 6.99. The molecule has 2 amide bonds. The number of amides is 2. The highest BCUT2D eigenvalue weighted by atomic mass is 19.1. The van der Waals surface area contributed by atoms with Crippen molar-refractivity contribution in [2.75, 3.05) is 24.6 Å². The van der Waals surface area contributed by atoms with Crippen molar-refractivity contribution in [2.24, 2.45) is 0 Å². The third-order valence-electron chi connectivity index (χ3n) is 3.62. The van der Waals surface area contributed by atoms with Gasteiger partial charge in [0.25, 0.3) is 11.8 Å². The molecular weight excluding hydrogens is 358 g/mol. The predicted molar refractivity (Wildman–Crippen MR) is 94.1 cm³/mol. The number of hydrogen-bond acceptors (Lipinski definition) is 4. The van der Waals surface area contributed by atoms with Gasteiger partial charge in [0.05, 0.1) is 5.56 Å². The van der Waals surface area contributed by atoms with Gasteiger partial charge in [0.2, 0.25) is 0 Å². The summed E-state index contributed by atoms with van der Waals surface area (Å²) in [6.45, 7) is 0.965. The Labute approximate surface area is 154 Å². The number of hydrogen-bond donors (Lipinski definition) is 1. The molecule has 0 heterocycles. The standard InChI is InChI=1S/C19H18F2N2O4/c1-2-23(14-9-7-13(20)8-10-14)17(24)12-27-18(25)11-22-19(26)15-5-3-4-6-16(15)21/h3-10H,2,11-12H2,1H3,(H,22,26). The van der Waals surface area contributed by atoms with Crippen LogP contribution in [0.2, 0.25) is 0 Å². The summed E-state index contributed by atoms with van der Waals surface area (Å²) < 4.78 is 31.3. The van der Waals surface area contributed by atoms with E-state index in [0.29, 0.717) is 12.2 Å². The summed E-state index contributed by atoms with van der Waals surface area (Å²) in [4.78, 5) is 37.0. The molecule has 1 N–H and O–H groups in total. The first-order valence-electron chi connectivity index (χ1n) is 8.16. The third kappa shape index (κ3) is 5.60. The van der Waals surface area contributed by atoms with Crippen LogP contribution in [-0.2, 0) is 14.3 Å². The van der Waals surface area contributed by atoms with Gasteiger partial charge in [-0.15, -0.1) is 0 Å². The number of halogens is 2. The van der Waals surface area contributed by atoms with Crippen LogP contribution in [0.1, 0.15) is 17.3 Å². The summed E-state index contributed by atoms with van der Waals surface area (Å²) in [5.74, 6) is -3.25. The maximum Gasteiger partial charge on any atom is 0.325 e. The molecule has 6 nitrogen and oxygen atoms in total. The van der Waals surface area contributed by atoms with E-state index in [1.165, 1.54) is 47.4 Å². The van der Waals surface area contributed by atoms with Gasteiger partial charge in [-0.25, -0.2) is 8.78 Å². The molecule has 0 aliphatic carbocycles. The molecule has 0 saturated heterocycles. The largest absolute Gasteiger partial charge is 0.454 e. The lowest BCUT2D eigenvalue weighted by atomic mass is 10.2. The van der Waals surface area contributed by atoms with E-state index in [2.05, 4.69) is 5.32 Å². The zero-order valence-corrected chi connectivity index (χ0v) is 14.6. The maximum absolute atomic E-state index is 13.5. The van der Waals surface area contributed by atoms with Gasteiger partial charge in [0, 0.05) is 12.2 Å². The van der Waals surface area contributed by atoms with E-state index >= 15 is 0 Å². The van der Waals surface area contributed by atoms with E-state index in [1.54, 1.807) is 6.92 Å². The van der Waals surface area contributed by atoms with Gasteiger partial charge in [-0.05, 0) is 43.3 Å². The quantitative estimate of drug-likeness (QED) is 0.753. The summed E-state index contributed by atoms with van der Waals surface area (Å²) >= 11 is 0. The number of esters is 1. The van der Waals surface area contributed by atoms with E-state index < -0.39 is 42.6 Å². The zero-order chi connectivity index (χ0) is 19.8. The first-order chi connectivity index (χ1) is 12.9. The van der Waals surface area contributed by atoms with Crippen molar-refractivity contribution in [2.45, 2.75) is 6.92 Å². The Balaban J connectivity index is 1.83. The molecule has 0 aromatic heterocycles. The molecule has 142 valence electrons. The minimum Gasteiger partial charge on any atom is -0.454 e. The fraction of sp³-hybridized carbons (Fsp3) is 0.211. The second kappa shape index (κ2) is 9.42. The molecule has 27 heavy (non-hydrogen) atoms. The summed E-state index contributed by atoms with van der Waals surface area (Å²) in [6, 6.07) is 10.6. The number of rotatable bonds is 7. The molecule has 0 atom stereocenters. The number of likely N-dealkylation sites (N-methyl/N-ethyl adjacent to an activating group) is 1. The normalized spacial score (nSPS) is 10.2. The fourth-order valence-corrected chi connectivity index (χ4v) is 2.29. The average Bonchev–Trinajstić information content (AvgIpc) is 2.67. The summed E-state index contributed by atoms with van der Waals surface area (Å²) in [5.41, 5.74) is 0.266. The molecule has 0 bridgehead atoms. The Morgan fingerprint density at radius 3 is 2.33 bits per heavy atom. The second-order valence-corrected chi connectivity index (χ2v) is 5.44. The Morgan fingerprint density at radius 1 is 1.04 bits per heavy atom. The number of nitrogens with one attached hydrogen (secondary N) is 1. The van der Waals surface area contributed by atoms with Gasteiger partial charge < -0.3 is 15.0 Å². The van der Waals surface area contributed by atoms with Crippen LogP contribution in [0.4, 0.5) is 14.5 Å². The first kappa shape index (κ1) is 20.0. The number of anilines is 1. The molecule has 0 aliphatic heterocycles. The molecule has 2 aromatic carbocycles. The van der Waals surface area contributed by atoms with Crippen LogP contribution in [0, 0.1) is 11.6 Å². The number of carbonyl (C=O) groups is 3.